The zero-order chi connectivity index (χ0) is 17.5. The minimum atomic E-state index is -0.239. The van der Waals surface area contributed by atoms with E-state index in [1.54, 1.807) is 19.0 Å². The van der Waals surface area contributed by atoms with Gasteiger partial charge in [-0.25, -0.2) is 0 Å². The Bertz CT molecular complexity index is 523. The van der Waals surface area contributed by atoms with Crippen molar-refractivity contribution in [3.63, 3.8) is 0 Å². The maximum atomic E-state index is 12.0. The molecule has 0 spiro atoms. The number of hydrogen-bond acceptors (Lipinski definition) is 4. The molecule has 2 N–H and O–H groups in total. The van der Waals surface area contributed by atoms with Gasteiger partial charge < -0.3 is 20.2 Å². The van der Waals surface area contributed by atoms with Crippen LogP contribution >= 0.6 is 0 Å². The molecule has 1 aromatic carbocycles. The van der Waals surface area contributed by atoms with Gasteiger partial charge in [0, 0.05) is 32.7 Å². The minimum absolute atomic E-state index is 0.0438. The molecule has 134 valence electrons. The van der Waals surface area contributed by atoms with Gasteiger partial charge in [0.1, 0.15) is 0 Å². The second kappa shape index (κ2) is 9.16. The molecule has 0 aromatic heterocycles. The highest BCUT2D eigenvalue weighted by molar-refractivity contribution is 5.94. The van der Waals surface area contributed by atoms with Gasteiger partial charge >= 0.3 is 0 Å². The molecular formula is C19H31N3O2. The van der Waals surface area contributed by atoms with E-state index in [4.69, 9.17) is 0 Å². The molecule has 1 aliphatic rings. The number of rotatable bonds is 7. The number of carbonyl (C=O) groups is 1. The van der Waals surface area contributed by atoms with Crippen LogP contribution in [0, 0.1) is 5.92 Å². The second-order valence-corrected chi connectivity index (χ2v) is 7.12. The summed E-state index contributed by atoms with van der Waals surface area (Å²) in [5.74, 6) is 0.740. The number of aliphatic hydroxyl groups is 1. The van der Waals surface area contributed by atoms with Crippen LogP contribution in [0.25, 0.3) is 0 Å². The smallest absolute Gasteiger partial charge is 0.253 e. The summed E-state index contributed by atoms with van der Waals surface area (Å²) in [6.45, 7) is 6.58. The van der Waals surface area contributed by atoms with Gasteiger partial charge in [-0.15, -0.1) is 0 Å². The topological polar surface area (TPSA) is 55.8 Å². The normalized spacial score (nSPS) is 17.7. The van der Waals surface area contributed by atoms with Crippen molar-refractivity contribution >= 4 is 5.91 Å². The van der Waals surface area contributed by atoms with E-state index in [1.165, 1.54) is 12.8 Å². The highest BCUT2D eigenvalue weighted by Crippen LogP contribution is 2.17. The average molecular weight is 333 g/mol. The van der Waals surface area contributed by atoms with Gasteiger partial charge in [0.05, 0.1) is 6.10 Å². The summed E-state index contributed by atoms with van der Waals surface area (Å²) < 4.78 is 0. The van der Waals surface area contributed by atoms with Crippen molar-refractivity contribution in [3.8, 4) is 0 Å². The molecule has 0 bridgehead atoms. The third kappa shape index (κ3) is 5.89. The van der Waals surface area contributed by atoms with Crippen LogP contribution in [0.1, 0.15) is 35.7 Å². The zero-order valence-electron chi connectivity index (χ0n) is 15.2. The molecule has 1 fully saturated rings. The van der Waals surface area contributed by atoms with Crippen molar-refractivity contribution in [1.82, 2.24) is 15.1 Å². The van der Waals surface area contributed by atoms with Gasteiger partial charge in [-0.05, 0) is 63.0 Å². The molecule has 1 aliphatic heterocycles. The lowest BCUT2D eigenvalue weighted by Crippen LogP contribution is -2.40. The van der Waals surface area contributed by atoms with Gasteiger partial charge in [-0.3, -0.25) is 4.79 Å². The highest BCUT2D eigenvalue weighted by atomic mass is 16.3. The number of nitrogens with zero attached hydrogens (tertiary/aromatic N) is 2. The summed E-state index contributed by atoms with van der Waals surface area (Å²) >= 11 is 0. The van der Waals surface area contributed by atoms with Gasteiger partial charge in [-0.1, -0.05) is 12.1 Å². The van der Waals surface area contributed by atoms with Crippen molar-refractivity contribution in [1.29, 1.82) is 0 Å². The Morgan fingerprint density at radius 2 is 2.08 bits per heavy atom. The van der Waals surface area contributed by atoms with Crippen LogP contribution in [-0.4, -0.2) is 67.2 Å². The van der Waals surface area contributed by atoms with Crippen molar-refractivity contribution < 1.29 is 9.90 Å². The molecule has 1 atom stereocenters. The van der Waals surface area contributed by atoms with E-state index in [1.807, 2.05) is 25.1 Å². The maximum absolute atomic E-state index is 12.0. The molecular weight excluding hydrogens is 302 g/mol. The minimum Gasteiger partial charge on any atom is -0.392 e. The zero-order valence-corrected chi connectivity index (χ0v) is 15.2. The Hall–Kier alpha value is -1.43. The number of hydrogen-bond donors (Lipinski definition) is 2. The number of likely N-dealkylation sites (tertiary alicyclic amines) is 1. The van der Waals surface area contributed by atoms with Crippen LogP contribution in [0.5, 0.6) is 0 Å². The number of piperidine rings is 1. The Kier molecular flexibility index (Phi) is 7.21. The lowest BCUT2D eigenvalue weighted by molar-refractivity contribution is 0.0827. The van der Waals surface area contributed by atoms with Gasteiger partial charge in [0.25, 0.3) is 5.91 Å². The fourth-order valence-corrected chi connectivity index (χ4v) is 3.24. The van der Waals surface area contributed by atoms with Crippen LogP contribution in [0.3, 0.4) is 0 Å². The quantitative estimate of drug-likeness (QED) is 0.795. The summed E-state index contributed by atoms with van der Waals surface area (Å²) in [5, 5.41) is 13.0. The Morgan fingerprint density at radius 3 is 2.71 bits per heavy atom. The molecule has 0 saturated carbocycles. The fraction of sp³-hybridized carbons (Fsp3) is 0.632. The Balaban J connectivity index is 1.73. The van der Waals surface area contributed by atoms with E-state index < -0.39 is 0 Å². The molecule has 1 amide bonds. The van der Waals surface area contributed by atoms with Crippen molar-refractivity contribution in [2.24, 2.45) is 5.92 Å². The molecule has 2 rings (SSSR count). The van der Waals surface area contributed by atoms with Crippen molar-refractivity contribution in [2.75, 3.05) is 40.3 Å². The fourth-order valence-electron chi connectivity index (χ4n) is 3.24. The molecule has 0 radical (unpaired) electrons. The number of β-amino-alcohol motifs (C(OH)–C–C–N with tert-alkyl or cyclic N) is 1. The number of aliphatic hydroxyl groups excluding tert-OH is 1. The number of nitrogens with one attached hydrogen (secondary N) is 1. The lowest BCUT2D eigenvalue weighted by atomic mass is 9.96. The largest absolute Gasteiger partial charge is 0.392 e. The van der Waals surface area contributed by atoms with E-state index in [0.717, 1.165) is 43.9 Å². The molecule has 0 aliphatic carbocycles. The molecule has 5 heteroatoms. The van der Waals surface area contributed by atoms with Crippen molar-refractivity contribution in [2.45, 2.75) is 32.4 Å². The third-order valence-electron chi connectivity index (χ3n) is 4.57. The van der Waals surface area contributed by atoms with Gasteiger partial charge in [0.2, 0.25) is 0 Å². The van der Waals surface area contributed by atoms with E-state index in [0.29, 0.717) is 5.92 Å². The molecule has 0 unspecified atom stereocenters. The van der Waals surface area contributed by atoms with Crippen LogP contribution in [0.15, 0.2) is 24.3 Å². The van der Waals surface area contributed by atoms with E-state index >= 15 is 0 Å². The maximum Gasteiger partial charge on any atom is 0.253 e. The predicted octanol–water partition coefficient (Wildman–Crippen LogP) is 1.57. The Labute approximate surface area is 145 Å². The first-order chi connectivity index (χ1) is 11.5. The van der Waals surface area contributed by atoms with Crippen LogP contribution in [0.2, 0.25) is 0 Å². The highest BCUT2D eigenvalue weighted by Gasteiger charge is 2.19. The predicted molar refractivity (Wildman–Crippen MR) is 97.0 cm³/mol. The first kappa shape index (κ1) is 18.9. The average Bonchev–Trinajstić information content (AvgIpc) is 2.55. The van der Waals surface area contributed by atoms with E-state index in [9.17, 15) is 9.90 Å². The lowest BCUT2D eigenvalue weighted by Gasteiger charge is -2.32. The molecule has 1 heterocycles. The molecule has 5 nitrogen and oxygen atoms in total. The van der Waals surface area contributed by atoms with Crippen LogP contribution in [0.4, 0.5) is 0 Å². The monoisotopic (exact) mass is 333 g/mol. The molecule has 24 heavy (non-hydrogen) atoms. The third-order valence-corrected chi connectivity index (χ3v) is 4.57. The molecule has 1 saturated heterocycles. The first-order valence-electron chi connectivity index (χ1n) is 8.87. The van der Waals surface area contributed by atoms with E-state index in [2.05, 4.69) is 16.3 Å². The summed E-state index contributed by atoms with van der Waals surface area (Å²) in [4.78, 5) is 16.0. The van der Waals surface area contributed by atoms with Crippen molar-refractivity contribution in [3.05, 3.63) is 35.4 Å². The van der Waals surface area contributed by atoms with Crippen LogP contribution < -0.4 is 5.32 Å². The van der Waals surface area contributed by atoms with Gasteiger partial charge in [0.15, 0.2) is 0 Å². The standard InChI is InChI=1S/C19H31N3O2/c1-15(23)14-22-9-7-16(8-10-22)12-20-13-17-5-4-6-18(11-17)19(24)21(2)3/h4-6,11,15-16,20,23H,7-10,12-14H2,1-3H3/t15-/m1/s1. The Morgan fingerprint density at radius 1 is 1.38 bits per heavy atom. The van der Waals surface area contributed by atoms with E-state index in [-0.39, 0.29) is 12.0 Å². The van der Waals surface area contributed by atoms with Crippen LogP contribution in [-0.2, 0) is 6.54 Å². The first-order valence-corrected chi connectivity index (χ1v) is 8.87. The summed E-state index contributed by atoms with van der Waals surface area (Å²) in [6.07, 6.45) is 2.12. The number of benzene rings is 1. The molecule has 1 aromatic rings. The SMILES string of the molecule is C[C@@H](O)CN1CCC(CNCc2cccc(C(=O)N(C)C)c2)CC1. The number of amides is 1. The summed E-state index contributed by atoms with van der Waals surface area (Å²) in [6, 6.07) is 7.84. The summed E-state index contributed by atoms with van der Waals surface area (Å²) in [7, 11) is 3.55. The summed E-state index contributed by atoms with van der Waals surface area (Å²) in [5.41, 5.74) is 1.89. The van der Waals surface area contributed by atoms with Gasteiger partial charge in [-0.2, -0.15) is 0 Å². The number of carbonyl (C=O) groups excluding carboxylic acids is 1. The second-order valence-electron chi connectivity index (χ2n) is 7.12.